The van der Waals surface area contributed by atoms with E-state index in [9.17, 15) is 4.79 Å². The quantitative estimate of drug-likeness (QED) is 0.348. The van der Waals surface area contributed by atoms with Gasteiger partial charge in [-0.1, -0.05) is 30.7 Å². The normalized spacial score (nSPS) is 20.9. The monoisotopic (exact) mass is 528 g/mol. The molecule has 2 unspecified atom stereocenters. The van der Waals surface area contributed by atoms with Gasteiger partial charge in [-0.3, -0.25) is 9.79 Å². The third-order valence-corrected chi connectivity index (χ3v) is 6.13. The highest BCUT2D eigenvalue weighted by molar-refractivity contribution is 14.0. The summed E-state index contributed by atoms with van der Waals surface area (Å²) in [6, 6.07) is 6.88. The zero-order valence-electron chi connectivity index (χ0n) is 18.8. The number of rotatable bonds is 6. The molecular weight excluding hydrogens is 491 g/mol. The van der Waals surface area contributed by atoms with E-state index in [1.165, 1.54) is 16.7 Å². The van der Waals surface area contributed by atoms with E-state index in [1.54, 1.807) is 0 Å². The van der Waals surface area contributed by atoms with E-state index in [0.29, 0.717) is 25.0 Å². The summed E-state index contributed by atoms with van der Waals surface area (Å²) >= 11 is 0. The summed E-state index contributed by atoms with van der Waals surface area (Å²) in [5.41, 5.74) is 3.81. The van der Waals surface area contributed by atoms with Crippen LogP contribution < -0.4 is 5.32 Å². The van der Waals surface area contributed by atoms with Crippen LogP contribution in [0.4, 0.5) is 0 Å². The molecule has 1 aromatic rings. The van der Waals surface area contributed by atoms with Crippen LogP contribution in [0.15, 0.2) is 23.2 Å². The molecular formula is C23H37IN4O2. The van der Waals surface area contributed by atoms with Gasteiger partial charge in [-0.2, -0.15) is 0 Å². The van der Waals surface area contributed by atoms with Gasteiger partial charge in [0.05, 0.1) is 13.2 Å². The smallest absolute Gasteiger partial charge is 0.222 e. The Morgan fingerprint density at radius 3 is 2.77 bits per heavy atom. The van der Waals surface area contributed by atoms with E-state index in [0.717, 1.165) is 51.4 Å². The summed E-state index contributed by atoms with van der Waals surface area (Å²) in [5.74, 6) is 1.23. The number of carbonyl (C=O) groups is 1. The van der Waals surface area contributed by atoms with Gasteiger partial charge in [0, 0.05) is 39.1 Å². The van der Waals surface area contributed by atoms with Gasteiger partial charge in [0.1, 0.15) is 6.10 Å². The molecule has 1 amide bonds. The summed E-state index contributed by atoms with van der Waals surface area (Å²) in [4.78, 5) is 20.9. The molecule has 1 N–H and O–H groups in total. The Hall–Kier alpha value is -1.35. The number of nitrogens with zero attached hydrogens (tertiary/aromatic N) is 3. The lowest BCUT2D eigenvalue weighted by atomic mass is 10.00. The summed E-state index contributed by atoms with van der Waals surface area (Å²) in [5, 5.41) is 3.52. The summed E-state index contributed by atoms with van der Waals surface area (Å²) in [7, 11) is 1.84. The van der Waals surface area contributed by atoms with Crippen LogP contribution in [0.5, 0.6) is 0 Å². The predicted molar refractivity (Wildman–Crippen MR) is 133 cm³/mol. The van der Waals surface area contributed by atoms with Crippen LogP contribution in [0, 0.1) is 13.8 Å². The maximum absolute atomic E-state index is 12.1. The molecule has 1 aromatic carbocycles. The van der Waals surface area contributed by atoms with Crippen molar-refractivity contribution in [3.63, 3.8) is 0 Å². The maximum Gasteiger partial charge on any atom is 0.222 e. The predicted octanol–water partition coefficient (Wildman–Crippen LogP) is 3.66. The molecule has 3 rings (SSSR count). The molecule has 0 spiro atoms. The fraction of sp³-hybridized carbons (Fsp3) is 0.652. The Morgan fingerprint density at radius 1 is 1.33 bits per heavy atom. The van der Waals surface area contributed by atoms with Crippen molar-refractivity contribution in [1.29, 1.82) is 0 Å². The number of aliphatic imine (C=N–C) groups is 1. The van der Waals surface area contributed by atoms with Crippen molar-refractivity contribution >= 4 is 35.8 Å². The van der Waals surface area contributed by atoms with Crippen molar-refractivity contribution in [3.8, 4) is 0 Å². The van der Waals surface area contributed by atoms with Gasteiger partial charge >= 0.3 is 0 Å². The summed E-state index contributed by atoms with van der Waals surface area (Å²) in [6.07, 6.45) is 3.72. The van der Waals surface area contributed by atoms with Crippen molar-refractivity contribution in [2.75, 3.05) is 39.8 Å². The van der Waals surface area contributed by atoms with Gasteiger partial charge in [-0.25, -0.2) is 0 Å². The molecule has 2 aliphatic heterocycles. The lowest BCUT2D eigenvalue weighted by Gasteiger charge is -2.36. The standard InChI is InChI=1S/C23H36N4O2.HI/c1-5-19(27-12-6-7-22(27)28)10-11-25-23(24-4)26-13-14-29-21(16-26)20-9-8-17(2)15-18(20)3;/h8-9,15,19,21H,5-7,10-14,16H2,1-4H3,(H,24,25);1H. The van der Waals surface area contributed by atoms with Gasteiger partial charge in [0.25, 0.3) is 0 Å². The zero-order chi connectivity index (χ0) is 20.8. The third kappa shape index (κ3) is 6.09. The van der Waals surface area contributed by atoms with Gasteiger partial charge in [-0.05, 0) is 44.2 Å². The van der Waals surface area contributed by atoms with Gasteiger partial charge in [-0.15, -0.1) is 24.0 Å². The first-order valence-electron chi connectivity index (χ1n) is 11.0. The Labute approximate surface area is 198 Å². The minimum absolute atomic E-state index is 0. The molecule has 30 heavy (non-hydrogen) atoms. The number of nitrogens with one attached hydrogen (secondary N) is 1. The molecule has 7 heteroatoms. The molecule has 0 bridgehead atoms. The second kappa shape index (κ2) is 11.9. The molecule has 2 heterocycles. The van der Waals surface area contributed by atoms with Crippen molar-refractivity contribution in [3.05, 3.63) is 34.9 Å². The van der Waals surface area contributed by atoms with E-state index in [-0.39, 0.29) is 30.1 Å². The van der Waals surface area contributed by atoms with Crippen LogP contribution in [-0.2, 0) is 9.53 Å². The van der Waals surface area contributed by atoms with Gasteiger partial charge in [0.15, 0.2) is 5.96 Å². The SMILES string of the molecule is CCC(CCNC(=NC)N1CCOC(c2ccc(C)cc2C)C1)N1CCCC1=O.I. The van der Waals surface area contributed by atoms with Crippen molar-refractivity contribution < 1.29 is 9.53 Å². The molecule has 2 saturated heterocycles. The van der Waals surface area contributed by atoms with Gasteiger partial charge in [0.2, 0.25) is 5.91 Å². The van der Waals surface area contributed by atoms with Crippen LogP contribution >= 0.6 is 24.0 Å². The molecule has 6 nitrogen and oxygen atoms in total. The third-order valence-electron chi connectivity index (χ3n) is 6.13. The largest absolute Gasteiger partial charge is 0.370 e. The number of benzene rings is 1. The molecule has 0 radical (unpaired) electrons. The first-order valence-corrected chi connectivity index (χ1v) is 11.0. The first-order chi connectivity index (χ1) is 14.0. The van der Waals surface area contributed by atoms with Crippen LogP contribution in [-0.4, -0.2) is 67.5 Å². The number of hydrogen-bond donors (Lipinski definition) is 1. The topological polar surface area (TPSA) is 57.2 Å². The molecule has 0 saturated carbocycles. The van der Waals surface area contributed by atoms with Crippen LogP contribution in [0.3, 0.4) is 0 Å². The van der Waals surface area contributed by atoms with Crippen LogP contribution in [0.2, 0.25) is 0 Å². The van der Waals surface area contributed by atoms with Crippen molar-refractivity contribution in [2.45, 2.75) is 58.6 Å². The number of carbonyl (C=O) groups excluding carboxylic acids is 1. The highest BCUT2D eigenvalue weighted by Gasteiger charge is 2.28. The van der Waals surface area contributed by atoms with Crippen LogP contribution in [0.25, 0.3) is 0 Å². The first kappa shape index (κ1) is 24.9. The van der Waals surface area contributed by atoms with E-state index in [2.05, 4.69) is 59.1 Å². The number of amides is 1. The molecule has 168 valence electrons. The highest BCUT2D eigenvalue weighted by atomic mass is 127. The Kier molecular flexibility index (Phi) is 9.87. The van der Waals surface area contributed by atoms with Gasteiger partial charge < -0.3 is 19.9 Å². The Bertz CT molecular complexity index is 740. The molecule has 0 aromatic heterocycles. The molecule has 0 aliphatic carbocycles. The average Bonchev–Trinajstić information content (AvgIpc) is 3.14. The molecule has 2 aliphatic rings. The van der Waals surface area contributed by atoms with Crippen molar-refractivity contribution in [1.82, 2.24) is 15.1 Å². The fourth-order valence-corrected chi connectivity index (χ4v) is 4.54. The number of ether oxygens (including phenoxy) is 1. The summed E-state index contributed by atoms with van der Waals surface area (Å²) < 4.78 is 6.08. The minimum Gasteiger partial charge on any atom is -0.370 e. The van der Waals surface area contributed by atoms with Crippen LogP contribution in [0.1, 0.15) is 55.4 Å². The average molecular weight is 528 g/mol. The van der Waals surface area contributed by atoms with E-state index < -0.39 is 0 Å². The zero-order valence-corrected chi connectivity index (χ0v) is 21.1. The number of halogens is 1. The molecule has 2 atom stereocenters. The molecule has 2 fully saturated rings. The highest BCUT2D eigenvalue weighted by Crippen LogP contribution is 2.26. The Balaban J connectivity index is 0.00000320. The number of aryl methyl sites for hydroxylation is 2. The Morgan fingerprint density at radius 2 is 2.13 bits per heavy atom. The van der Waals surface area contributed by atoms with E-state index >= 15 is 0 Å². The van der Waals surface area contributed by atoms with Crippen molar-refractivity contribution in [2.24, 2.45) is 4.99 Å². The maximum atomic E-state index is 12.1. The van der Waals surface area contributed by atoms with E-state index in [1.807, 2.05) is 7.05 Å². The lowest BCUT2D eigenvalue weighted by molar-refractivity contribution is -0.129. The number of likely N-dealkylation sites (tertiary alicyclic amines) is 1. The second-order valence-corrected chi connectivity index (χ2v) is 8.18. The summed E-state index contributed by atoms with van der Waals surface area (Å²) in [6.45, 7) is 10.5. The number of hydrogen-bond acceptors (Lipinski definition) is 3. The number of morpholine rings is 1. The van der Waals surface area contributed by atoms with E-state index in [4.69, 9.17) is 4.74 Å². The fourth-order valence-electron chi connectivity index (χ4n) is 4.54. The lowest BCUT2D eigenvalue weighted by Crippen LogP contribution is -2.49. The second-order valence-electron chi connectivity index (χ2n) is 8.18. The number of guanidine groups is 1. The minimum atomic E-state index is 0.